The van der Waals surface area contributed by atoms with Crippen LogP contribution in [0.4, 0.5) is 0 Å². The second-order valence-electron chi connectivity index (χ2n) is 1.86. The van der Waals surface area contributed by atoms with Crippen LogP contribution in [0.3, 0.4) is 0 Å². The molecule has 1 rings (SSSR count). The Morgan fingerprint density at radius 3 is 3.38 bits per heavy atom. The van der Waals surface area contributed by atoms with E-state index in [0.29, 0.717) is 5.76 Å². The van der Waals surface area contributed by atoms with Crippen LogP contribution >= 0.6 is 0 Å². The lowest BCUT2D eigenvalue weighted by Crippen LogP contribution is -1.69. The molecule has 1 aliphatic carbocycles. The highest BCUT2D eigenvalue weighted by atomic mass is 16.3. The maximum Gasteiger partial charge on any atom is 0.341 e. The van der Waals surface area contributed by atoms with E-state index in [4.69, 9.17) is 5.11 Å². The topological polar surface area (TPSA) is 20.2 Å². The molecule has 0 aromatic rings. The van der Waals surface area contributed by atoms with Crippen LogP contribution in [0.5, 0.6) is 0 Å². The summed E-state index contributed by atoms with van der Waals surface area (Å²) in [6.45, 7) is 0. The lowest BCUT2D eigenvalue weighted by molar-refractivity contribution is 0.427. The number of aliphatic hydroxyl groups is 1. The van der Waals surface area contributed by atoms with E-state index in [0.717, 1.165) is 19.3 Å². The molecule has 0 bridgehead atoms. The van der Waals surface area contributed by atoms with Crippen LogP contribution in [-0.4, -0.2) is 5.11 Å². The van der Waals surface area contributed by atoms with Gasteiger partial charge >= 0.3 is 5.76 Å². The normalized spacial score (nSPS) is 18.8. The second-order valence-corrected chi connectivity index (χ2v) is 1.86. The summed E-state index contributed by atoms with van der Waals surface area (Å²) < 4.78 is 0. The molecule has 0 radical (unpaired) electrons. The number of rotatable bonds is 0. The Bertz CT molecular complexity index is 122. The quantitative estimate of drug-likeness (QED) is 0.471. The Morgan fingerprint density at radius 1 is 1.62 bits per heavy atom. The highest BCUT2D eigenvalue weighted by Gasteiger charge is 2.02. The van der Waals surface area contributed by atoms with Crippen LogP contribution in [0.25, 0.3) is 0 Å². The predicted molar refractivity (Wildman–Crippen MR) is 32.4 cm³/mol. The van der Waals surface area contributed by atoms with Gasteiger partial charge in [-0.2, -0.15) is 0 Å². The number of aliphatic hydroxyl groups excluding tert-OH is 1. The van der Waals surface area contributed by atoms with Crippen LogP contribution in [0, 0.1) is 6.08 Å². The molecule has 0 unspecified atom stereocenters. The highest BCUT2D eigenvalue weighted by Crippen LogP contribution is 2.05. The van der Waals surface area contributed by atoms with Gasteiger partial charge in [-0.05, 0) is 12.8 Å². The monoisotopic (exact) mass is 109 g/mol. The lowest BCUT2D eigenvalue weighted by atomic mass is 10.2. The summed E-state index contributed by atoms with van der Waals surface area (Å²) in [5.41, 5.74) is 0. The average Bonchev–Trinajstić information content (AvgIpc) is 1.94. The van der Waals surface area contributed by atoms with Gasteiger partial charge in [0, 0.05) is 6.08 Å². The summed E-state index contributed by atoms with van der Waals surface area (Å²) in [4.78, 5) is 0. The van der Waals surface area contributed by atoms with Crippen molar-refractivity contribution in [2.45, 2.75) is 19.3 Å². The van der Waals surface area contributed by atoms with Crippen LogP contribution < -0.4 is 0 Å². The molecule has 0 saturated heterocycles. The predicted octanol–water partition coefficient (Wildman–Crippen LogP) is 1.97. The van der Waals surface area contributed by atoms with Gasteiger partial charge in [0.1, 0.15) is 12.2 Å². The SMILES string of the molecule is OC1=[C+]CCCC=C1. The third-order valence-electron chi connectivity index (χ3n) is 1.13. The Balaban J connectivity index is 2.55. The van der Waals surface area contributed by atoms with Gasteiger partial charge in [-0.3, -0.25) is 0 Å². The minimum atomic E-state index is 0.294. The Kier molecular flexibility index (Phi) is 1.66. The fourth-order valence-corrected chi connectivity index (χ4v) is 0.690. The number of allylic oxidation sites excluding steroid dienone is 3. The van der Waals surface area contributed by atoms with E-state index in [9.17, 15) is 0 Å². The van der Waals surface area contributed by atoms with E-state index in [2.05, 4.69) is 6.08 Å². The minimum absolute atomic E-state index is 0.294. The second kappa shape index (κ2) is 2.49. The fraction of sp³-hybridized carbons (Fsp3) is 0.429. The van der Waals surface area contributed by atoms with Gasteiger partial charge < -0.3 is 5.11 Å². The average molecular weight is 109 g/mol. The fourth-order valence-electron chi connectivity index (χ4n) is 0.690. The van der Waals surface area contributed by atoms with Gasteiger partial charge in [0.2, 0.25) is 0 Å². The molecule has 1 nitrogen and oxygen atoms in total. The number of hydrogen-bond donors (Lipinski definition) is 1. The van der Waals surface area contributed by atoms with Gasteiger partial charge in [0.05, 0.1) is 6.42 Å². The van der Waals surface area contributed by atoms with E-state index in [1.165, 1.54) is 0 Å². The van der Waals surface area contributed by atoms with Gasteiger partial charge in [0.15, 0.2) is 0 Å². The molecule has 0 amide bonds. The van der Waals surface area contributed by atoms with Gasteiger partial charge in [-0.25, -0.2) is 0 Å². The molecule has 8 heavy (non-hydrogen) atoms. The molecule has 0 aromatic heterocycles. The zero-order chi connectivity index (χ0) is 5.82. The molecule has 0 spiro atoms. The van der Waals surface area contributed by atoms with Crippen molar-refractivity contribution < 1.29 is 5.11 Å². The molecular weight excluding hydrogens is 100 g/mol. The molecule has 0 aromatic carbocycles. The summed E-state index contributed by atoms with van der Waals surface area (Å²) in [6, 6.07) is 0. The molecule has 42 valence electrons. The van der Waals surface area contributed by atoms with Crippen LogP contribution in [0.15, 0.2) is 17.9 Å². The van der Waals surface area contributed by atoms with E-state index in [1.807, 2.05) is 6.08 Å². The van der Waals surface area contributed by atoms with Crippen molar-refractivity contribution in [3.63, 3.8) is 0 Å². The first-order valence-corrected chi connectivity index (χ1v) is 2.86. The van der Waals surface area contributed by atoms with Crippen LogP contribution in [0.1, 0.15) is 19.3 Å². The summed E-state index contributed by atoms with van der Waals surface area (Å²) in [7, 11) is 0. The molecule has 0 fully saturated rings. The molecule has 0 atom stereocenters. The van der Waals surface area contributed by atoms with E-state index < -0.39 is 0 Å². The molecule has 1 N–H and O–H groups in total. The molecule has 0 saturated carbocycles. The van der Waals surface area contributed by atoms with Crippen molar-refractivity contribution in [1.82, 2.24) is 0 Å². The lowest BCUT2D eigenvalue weighted by Gasteiger charge is -1.74. The van der Waals surface area contributed by atoms with Gasteiger partial charge in [-0.15, -0.1) is 0 Å². The maximum atomic E-state index is 8.81. The van der Waals surface area contributed by atoms with Crippen molar-refractivity contribution in [2.24, 2.45) is 0 Å². The first-order valence-electron chi connectivity index (χ1n) is 2.86. The van der Waals surface area contributed by atoms with Crippen molar-refractivity contribution in [3.05, 3.63) is 24.0 Å². The molecule has 0 aliphatic heterocycles. The Labute approximate surface area is 49.3 Å². The Hall–Kier alpha value is -0.810. The third kappa shape index (κ3) is 1.36. The summed E-state index contributed by atoms with van der Waals surface area (Å²) in [5, 5.41) is 8.81. The first kappa shape index (κ1) is 5.33. The van der Waals surface area contributed by atoms with Crippen molar-refractivity contribution in [3.8, 4) is 0 Å². The molecule has 1 aliphatic rings. The molecule has 0 heterocycles. The summed E-state index contributed by atoms with van der Waals surface area (Å²) in [5.74, 6) is 0.294. The van der Waals surface area contributed by atoms with Crippen LogP contribution in [0.2, 0.25) is 0 Å². The van der Waals surface area contributed by atoms with Gasteiger partial charge in [-0.1, -0.05) is 0 Å². The molecule has 1 heteroatoms. The standard InChI is InChI=1S/C7H8O/c8-7-5-3-1-2-4-6-7/h3,5H,1-2,4H2/p+1. The Morgan fingerprint density at radius 2 is 2.50 bits per heavy atom. The highest BCUT2D eigenvalue weighted by molar-refractivity contribution is 5.08. The van der Waals surface area contributed by atoms with Crippen LogP contribution in [-0.2, 0) is 0 Å². The van der Waals surface area contributed by atoms with Crippen molar-refractivity contribution in [1.29, 1.82) is 0 Å². The van der Waals surface area contributed by atoms with E-state index >= 15 is 0 Å². The first-order chi connectivity index (χ1) is 3.89. The number of hydrogen-bond acceptors (Lipinski definition) is 1. The van der Waals surface area contributed by atoms with E-state index in [1.54, 1.807) is 6.08 Å². The molecular formula is C7H9O+. The van der Waals surface area contributed by atoms with Crippen molar-refractivity contribution >= 4 is 0 Å². The minimum Gasteiger partial charge on any atom is -0.471 e. The zero-order valence-corrected chi connectivity index (χ0v) is 4.72. The summed E-state index contributed by atoms with van der Waals surface area (Å²) in [6.07, 6.45) is 9.56. The van der Waals surface area contributed by atoms with Crippen molar-refractivity contribution in [2.75, 3.05) is 0 Å². The maximum absolute atomic E-state index is 8.81. The van der Waals surface area contributed by atoms with Gasteiger partial charge in [0.25, 0.3) is 0 Å². The largest absolute Gasteiger partial charge is 0.471 e. The zero-order valence-electron chi connectivity index (χ0n) is 4.72. The smallest absolute Gasteiger partial charge is 0.341 e. The third-order valence-corrected chi connectivity index (χ3v) is 1.13. The van der Waals surface area contributed by atoms with E-state index in [-0.39, 0.29) is 0 Å². The summed E-state index contributed by atoms with van der Waals surface area (Å²) >= 11 is 0.